The number of furan rings is 1. The van der Waals surface area contributed by atoms with Crippen LogP contribution < -0.4 is 5.32 Å². The summed E-state index contributed by atoms with van der Waals surface area (Å²) in [6.45, 7) is 4.11. The minimum Gasteiger partial charge on any atom is -0.478 e. The second kappa shape index (κ2) is 5.67. The molecule has 0 unspecified atom stereocenters. The van der Waals surface area contributed by atoms with Crippen molar-refractivity contribution < 1.29 is 14.3 Å². The summed E-state index contributed by atoms with van der Waals surface area (Å²) in [4.78, 5) is 15.2. The van der Waals surface area contributed by atoms with Crippen molar-refractivity contribution in [2.45, 2.75) is 26.4 Å². The van der Waals surface area contributed by atoms with Crippen LogP contribution in [-0.4, -0.2) is 16.1 Å². The molecule has 100 valence electrons. The molecule has 0 saturated carbocycles. The molecule has 0 saturated heterocycles. The van der Waals surface area contributed by atoms with Crippen LogP contribution in [0, 0.1) is 6.92 Å². The molecular formula is C14H16N2O3. The first-order chi connectivity index (χ1) is 9.08. The van der Waals surface area contributed by atoms with Gasteiger partial charge >= 0.3 is 5.97 Å². The van der Waals surface area contributed by atoms with Crippen LogP contribution in [0.2, 0.25) is 0 Å². The summed E-state index contributed by atoms with van der Waals surface area (Å²) in [5, 5.41) is 12.2. The van der Waals surface area contributed by atoms with E-state index in [0.29, 0.717) is 18.1 Å². The molecule has 2 rings (SSSR count). The molecule has 0 aliphatic rings. The highest BCUT2D eigenvalue weighted by Crippen LogP contribution is 2.16. The van der Waals surface area contributed by atoms with Crippen LogP contribution in [0.1, 0.15) is 40.5 Å². The lowest BCUT2D eigenvalue weighted by molar-refractivity contribution is 0.0695. The van der Waals surface area contributed by atoms with E-state index in [2.05, 4.69) is 10.3 Å². The summed E-state index contributed by atoms with van der Waals surface area (Å²) in [5.74, 6) is 0.0674. The zero-order valence-electron chi connectivity index (χ0n) is 10.9. The molecule has 0 aliphatic heterocycles. The van der Waals surface area contributed by atoms with Crippen LogP contribution in [0.3, 0.4) is 0 Å². The van der Waals surface area contributed by atoms with E-state index in [1.54, 1.807) is 19.2 Å². The number of hydrogen-bond donors (Lipinski definition) is 2. The number of nitrogens with zero attached hydrogens (tertiary/aromatic N) is 1. The average Bonchev–Trinajstić information content (AvgIpc) is 2.78. The van der Waals surface area contributed by atoms with Crippen molar-refractivity contribution in [1.82, 2.24) is 10.3 Å². The predicted octanol–water partition coefficient (Wildman–Crippen LogP) is 2.53. The molecular weight excluding hydrogens is 244 g/mol. The van der Waals surface area contributed by atoms with Crippen LogP contribution >= 0.6 is 0 Å². The third-order valence-electron chi connectivity index (χ3n) is 2.91. The monoisotopic (exact) mass is 260 g/mol. The topological polar surface area (TPSA) is 75.4 Å². The van der Waals surface area contributed by atoms with E-state index < -0.39 is 5.97 Å². The van der Waals surface area contributed by atoms with E-state index >= 15 is 0 Å². The minimum absolute atomic E-state index is 0.0693. The van der Waals surface area contributed by atoms with Gasteiger partial charge in [-0.1, -0.05) is 6.07 Å². The molecule has 0 amide bonds. The second-order valence-corrected chi connectivity index (χ2v) is 4.34. The lowest BCUT2D eigenvalue weighted by Crippen LogP contribution is -2.18. The highest BCUT2D eigenvalue weighted by atomic mass is 16.4. The molecule has 1 atom stereocenters. The van der Waals surface area contributed by atoms with Crippen molar-refractivity contribution in [2.24, 2.45) is 0 Å². The number of aryl methyl sites for hydroxylation is 1. The summed E-state index contributed by atoms with van der Waals surface area (Å²) in [6.07, 6.45) is 1.74. The van der Waals surface area contributed by atoms with Crippen molar-refractivity contribution in [1.29, 1.82) is 0 Å². The Kier molecular flexibility index (Phi) is 3.97. The number of aromatic carboxylic acids is 1. The van der Waals surface area contributed by atoms with Gasteiger partial charge in [0.05, 0.1) is 12.2 Å². The zero-order valence-corrected chi connectivity index (χ0v) is 10.9. The summed E-state index contributed by atoms with van der Waals surface area (Å²) < 4.78 is 5.40. The molecule has 0 fully saturated rings. The van der Waals surface area contributed by atoms with Gasteiger partial charge in [0.2, 0.25) is 0 Å². The van der Waals surface area contributed by atoms with Crippen LogP contribution in [-0.2, 0) is 6.54 Å². The number of pyridine rings is 1. The maximum absolute atomic E-state index is 10.9. The maximum atomic E-state index is 10.9. The lowest BCUT2D eigenvalue weighted by atomic mass is 10.2. The molecule has 2 heterocycles. The van der Waals surface area contributed by atoms with Crippen molar-refractivity contribution in [3.63, 3.8) is 0 Å². The number of carboxylic acids is 1. The molecule has 0 aliphatic carbocycles. The van der Waals surface area contributed by atoms with Gasteiger partial charge in [-0.2, -0.15) is 0 Å². The molecule has 0 radical (unpaired) electrons. The third-order valence-corrected chi connectivity index (χ3v) is 2.91. The highest BCUT2D eigenvalue weighted by molar-refractivity contribution is 5.88. The first kappa shape index (κ1) is 13.3. The number of rotatable bonds is 5. The number of hydrogen-bond acceptors (Lipinski definition) is 4. The number of carboxylic acid groups (broad SMARTS) is 1. The number of carbonyl (C=O) groups is 1. The van der Waals surface area contributed by atoms with Crippen LogP contribution in [0.25, 0.3) is 0 Å². The highest BCUT2D eigenvalue weighted by Gasteiger charge is 2.14. The molecule has 2 aromatic heterocycles. The van der Waals surface area contributed by atoms with Crippen LogP contribution in [0.4, 0.5) is 0 Å². The van der Waals surface area contributed by atoms with E-state index in [-0.39, 0.29) is 11.6 Å². The van der Waals surface area contributed by atoms with Gasteiger partial charge in [-0.3, -0.25) is 4.98 Å². The van der Waals surface area contributed by atoms with Crippen LogP contribution in [0.15, 0.2) is 34.9 Å². The second-order valence-electron chi connectivity index (χ2n) is 4.34. The Bertz CT molecular complexity index is 563. The maximum Gasteiger partial charge on any atom is 0.339 e. The fraction of sp³-hybridized carbons (Fsp3) is 0.286. The largest absolute Gasteiger partial charge is 0.478 e. The fourth-order valence-electron chi connectivity index (χ4n) is 1.83. The smallest absolute Gasteiger partial charge is 0.339 e. The number of nitrogens with one attached hydrogen (secondary N) is 1. The quantitative estimate of drug-likeness (QED) is 0.864. The predicted molar refractivity (Wildman–Crippen MR) is 69.9 cm³/mol. The molecule has 19 heavy (non-hydrogen) atoms. The standard InChI is InChI=1S/C14H16N2O3/c1-9(13-5-3-4-6-15-13)16-8-11-7-12(14(17)18)10(2)19-11/h3-7,9,16H,8H2,1-2H3,(H,17,18)/t9-/m1/s1. The van der Waals surface area contributed by atoms with Gasteiger partial charge < -0.3 is 14.8 Å². The average molecular weight is 260 g/mol. The molecule has 5 nitrogen and oxygen atoms in total. The molecule has 0 bridgehead atoms. The fourth-order valence-corrected chi connectivity index (χ4v) is 1.83. The van der Waals surface area contributed by atoms with Gasteiger partial charge in [0.1, 0.15) is 17.1 Å². The van der Waals surface area contributed by atoms with Gasteiger partial charge in [-0.25, -0.2) is 4.79 Å². The van der Waals surface area contributed by atoms with E-state index in [9.17, 15) is 4.79 Å². The Morgan fingerprint density at radius 3 is 2.89 bits per heavy atom. The van der Waals surface area contributed by atoms with Gasteiger partial charge in [-0.15, -0.1) is 0 Å². The minimum atomic E-state index is -0.967. The number of aromatic nitrogens is 1. The Hall–Kier alpha value is -2.14. The molecule has 0 spiro atoms. The van der Waals surface area contributed by atoms with E-state index in [4.69, 9.17) is 9.52 Å². The van der Waals surface area contributed by atoms with Gasteiger partial charge in [0.25, 0.3) is 0 Å². The van der Waals surface area contributed by atoms with E-state index in [1.165, 1.54) is 0 Å². The van der Waals surface area contributed by atoms with Gasteiger partial charge in [0.15, 0.2) is 0 Å². The molecule has 2 aromatic rings. The van der Waals surface area contributed by atoms with Gasteiger partial charge in [-0.05, 0) is 32.0 Å². The van der Waals surface area contributed by atoms with Crippen molar-refractivity contribution >= 4 is 5.97 Å². The van der Waals surface area contributed by atoms with Crippen molar-refractivity contribution in [3.05, 3.63) is 53.2 Å². The normalized spacial score (nSPS) is 12.3. The Morgan fingerprint density at radius 1 is 1.53 bits per heavy atom. The Balaban J connectivity index is 1.99. The summed E-state index contributed by atoms with van der Waals surface area (Å²) in [7, 11) is 0. The first-order valence-corrected chi connectivity index (χ1v) is 6.05. The Labute approximate surface area is 111 Å². The first-order valence-electron chi connectivity index (χ1n) is 6.05. The summed E-state index contributed by atoms with van der Waals surface area (Å²) >= 11 is 0. The molecule has 0 aromatic carbocycles. The summed E-state index contributed by atoms with van der Waals surface area (Å²) in [5.41, 5.74) is 1.14. The van der Waals surface area contributed by atoms with Crippen molar-refractivity contribution in [2.75, 3.05) is 0 Å². The zero-order chi connectivity index (χ0) is 13.8. The molecule has 5 heteroatoms. The van der Waals surface area contributed by atoms with E-state index in [0.717, 1.165) is 5.69 Å². The van der Waals surface area contributed by atoms with Gasteiger partial charge in [0, 0.05) is 12.2 Å². The Morgan fingerprint density at radius 2 is 2.32 bits per heavy atom. The van der Waals surface area contributed by atoms with Crippen molar-refractivity contribution in [3.8, 4) is 0 Å². The lowest BCUT2D eigenvalue weighted by Gasteiger charge is -2.11. The third kappa shape index (κ3) is 3.20. The SMILES string of the molecule is Cc1oc(CN[C@H](C)c2ccccn2)cc1C(=O)O. The van der Waals surface area contributed by atoms with Crippen LogP contribution in [0.5, 0.6) is 0 Å². The molecule has 2 N–H and O–H groups in total. The van der Waals surface area contributed by atoms with E-state index in [1.807, 2.05) is 25.1 Å². The summed E-state index contributed by atoms with van der Waals surface area (Å²) in [6, 6.07) is 7.36.